The highest BCUT2D eigenvalue weighted by Crippen LogP contribution is 2.22. The van der Waals surface area contributed by atoms with Crippen LogP contribution in [0.4, 0.5) is 0 Å². The quantitative estimate of drug-likeness (QED) is 0.348. The summed E-state index contributed by atoms with van der Waals surface area (Å²) >= 11 is 0. The molecule has 0 aliphatic carbocycles. The van der Waals surface area contributed by atoms with Crippen molar-refractivity contribution >= 4 is 17.1 Å². The molecule has 4 aromatic rings. The summed E-state index contributed by atoms with van der Waals surface area (Å²) in [5, 5.41) is 0. The van der Waals surface area contributed by atoms with Crippen LogP contribution < -0.4 is 4.74 Å². The third-order valence-corrected chi connectivity index (χ3v) is 4.83. The second kappa shape index (κ2) is 9.07. The number of rotatable bonds is 8. The van der Waals surface area contributed by atoms with Crippen molar-refractivity contribution in [3.63, 3.8) is 0 Å². The van der Waals surface area contributed by atoms with Gasteiger partial charge in [-0.25, -0.2) is 4.98 Å². The molecule has 29 heavy (non-hydrogen) atoms. The minimum atomic E-state index is 0.419. The fourth-order valence-electron chi connectivity index (χ4n) is 3.41. The van der Waals surface area contributed by atoms with Crippen LogP contribution in [-0.4, -0.2) is 9.55 Å². The number of ether oxygens (including phenoxy) is 1. The van der Waals surface area contributed by atoms with Gasteiger partial charge in [0.2, 0.25) is 0 Å². The average Bonchev–Trinajstić information content (AvgIpc) is 3.12. The number of benzene rings is 3. The zero-order valence-corrected chi connectivity index (χ0v) is 16.4. The maximum Gasteiger partial charge on any atom is 0.148 e. The van der Waals surface area contributed by atoms with Gasteiger partial charge in [-0.3, -0.25) is 0 Å². The summed E-state index contributed by atoms with van der Waals surface area (Å²) in [5.41, 5.74) is 4.42. The predicted octanol–water partition coefficient (Wildman–Crippen LogP) is 6.06. The highest BCUT2D eigenvalue weighted by molar-refractivity contribution is 5.76. The molecule has 4 rings (SSSR count). The van der Waals surface area contributed by atoms with Crippen LogP contribution in [0.15, 0.2) is 97.6 Å². The fourth-order valence-corrected chi connectivity index (χ4v) is 3.41. The van der Waals surface area contributed by atoms with E-state index in [0.29, 0.717) is 6.61 Å². The van der Waals surface area contributed by atoms with Crippen molar-refractivity contribution in [2.45, 2.75) is 19.6 Å². The first-order valence-electron chi connectivity index (χ1n) is 9.82. The molecule has 0 N–H and O–H groups in total. The van der Waals surface area contributed by atoms with Gasteiger partial charge in [-0.15, -0.1) is 6.58 Å². The molecule has 0 saturated carbocycles. The third-order valence-electron chi connectivity index (χ3n) is 4.83. The van der Waals surface area contributed by atoms with E-state index < -0.39 is 0 Å². The van der Waals surface area contributed by atoms with Crippen molar-refractivity contribution in [2.24, 2.45) is 0 Å². The molecule has 0 radical (unpaired) electrons. The summed E-state index contributed by atoms with van der Waals surface area (Å²) < 4.78 is 8.37. The maximum absolute atomic E-state index is 6.16. The van der Waals surface area contributed by atoms with E-state index in [9.17, 15) is 0 Å². The SMILES string of the molecule is C=CCc1ccccc1OCc1nc2ccccc2n1C/C=C/c1ccccc1. The Balaban J connectivity index is 1.58. The minimum absolute atomic E-state index is 0.419. The molecule has 0 aliphatic heterocycles. The van der Waals surface area contributed by atoms with Crippen LogP contribution in [0.5, 0.6) is 5.75 Å². The number of fused-ring (bicyclic) bond motifs is 1. The standard InChI is InChI=1S/C26H24N2O/c1-2-11-22-15-6-9-18-25(22)29-20-26-27-23-16-7-8-17-24(23)28(26)19-10-14-21-12-4-3-5-13-21/h2-10,12-18H,1,11,19-20H2/b14-10+. The Bertz CT molecular complexity index is 1130. The third kappa shape index (κ3) is 4.46. The van der Waals surface area contributed by atoms with Gasteiger partial charge in [-0.2, -0.15) is 0 Å². The molecule has 1 aromatic heterocycles. The molecule has 1 heterocycles. The van der Waals surface area contributed by atoms with Gasteiger partial charge in [0, 0.05) is 6.54 Å². The Kier molecular flexibility index (Phi) is 5.87. The van der Waals surface area contributed by atoms with Crippen molar-refractivity contribution < 1.29 is 4.74 Å². The smallest absolute Gasteiger partial charge is 0.148 e. The average molecular weight is 380 g/mol. The topological polar surface area (TPSA) is 27.1 Å². The zero-order valence-electron chi connectivity index (χ0n) is 16.4. The number of allylic oxidation sites excluding steroid dienone is 2. The van der Waals surface area contributed by atoms with Gasteiger partial charge in [0.15, 0.2) is 0 Å². The molecule has 0 bridgehead atoms. The van der Waals surface area contributed by atoms with E-state index in [1.54, 1.807) is 0 Å². The molecule has 3 nitrogen and oxygen atoms in total. The van der Waals surface area contributed by atoms with Gasteiger partial charge in [-0.1, -0.05) is 78.9 Å². The van der Waals surface area contributed by atoms with Gasteiger partial charge in [-0.05, 0) is 35.7 Å². The van der Waals surface area contributed by atoms with E-state index in [0.717, 1.165) is 41.1 Å². The summed E-state index contributed by atoms with van der Waals surface area (Å²) in [6.45, 7) is 4.99. The highest BCUT2D eigenvalue weighted by Gasteiger charge is 2.11. The molecular weight excluding hydrogens is 356 g/mol. The minimum Gasteiger partial charge on any atom is -0.485 e. The second-order valence-corrected chi connectivity index (χ2v) is 6.83. The van der Waals surface area contributed by atoms with Crippen molar-refractivity contribution in [2.75, 3.05) is 0 Å². The Hall–Kier alpha value is -3.59. The Labute approximate surface area is 171 Å². The molecule has 3 aromatic carbocycles. The first-order chi connectivity index (χ1) is 14.3. The van der Waals surface area contributed by atoms with Gasteiger partial charge in [0.25, 0.3) is 0 Å². The van der Waals surface area contributed by atoms with Crippen LogP contribution in [0.2, 0.25) is 0 Å². The molecule has 0 amide bonds. The van der Waals surface area contributed by atoms with E-state index in [2.05, 4.69) is 47.6 Å². The predicted molar refractivity (Wildman–Crippen MR) is 120 cm³/mol. The lowest BCUT2D eigenvalue weighted by Gasteiger charge is -2.11. The summed E-state index contributed by atoms with van der Waals surface area (Å²) in [5.74, 6) is 1.79. The normalized spacial score (nSPS) is 11.2. The molecule has 144 valence electrons. The van der Waals surface area contributed by atoms with E-state index in [-0.39, 0.29) is 0 Å². The lowest BCUT2D eigenvalue weighted by Crippen LogP contribution is -2.07. The van der Waals surface area contributed by atoms with E-state index in [4.69, 9.17) is 9.72 Å². The van der Waals surface area contributed by atoms with Crippen molar-refractivity contribution in [1.82, 2.24) is 9.55 Å². The number of hydrogen-bond acceptors (Lipinski definition) is 2. The summed E-state index contributed by atoms with van der Waals surface area (Å²) in [6, 6.07) is 26.6. The molecule has 0 spiro atoms. The van der Waals surface area contributed by atoms with Gasteiger partial charge >= 0.3 is 0 Å². The molecule has 0 fully saturated rings. The van der Waals surface area contributed by atoms with E-state index in [1.165, 1.54) is 5.56 Å². The molecule has 0 aliphatic rings. The van der Waals surface area contributed by atoms with Gasteiger partial charge in [0.05, 0.1) is 11.0 Å². The first-order valence-corrected chi connectivity index (χ1v) is 9.82. The number of nitrogens with zero attached hydrogens (tertiary/aromatic N) is 2. The van der Waals surface area contributed by atoms with Crippen LogP contribution in [0, 0.1) is 0 Å². The van der Waals surface area contributed by atoms with Crippen LogP contribution in [0.3, 0.4) is 0 Å². The summed E-state index contributed by atoms with van der Waals surface area (Å²) in [4.78, 5) is 4.81. The zero-order chi connectivity index (χ0) is 19.9. The fraction of sp³-hybridized carbons (Fsp3) is 0.115. The van der Waals surface area contributed by atoms with Crippen LogP contribution in [0.1, 0.15) is 17.0 Å². The van der Waals surface area contributed by atoms with Crippen LogP contribution in [-0.2, 0) is 19.6 Å². The summed E-state index contributed by atoms with van der Waals surface area (Å²) in [7, 11) is 0. The Morgan fingerprint density at radius 1 is 0.897 bits per heavy atom. The number of hydrogen-bond donors (Lipinski definition) is 0. The Morgan fingerprint density at radius 3 is 2.52 bits per heavy atom. The highest BCUT2D eigenvalue weighted by atomic mass is 16.5. The number of imidazole rings is 1. The Morgan fingerprint density at radius 2 is 1.66 bits per heavy atom. The number of aromatic nitrogens is 2. The maximum atomic E-state index is 6.16. The molecule has 0 saturated heterocycles. The second-order valence-electron chi connectivity index (χ2n) is 6.83. The van der Waals surface area contributed by atoms with Crippen molar-refractivity contribution in [3.05, 3.63) is 115 Å². The molecule has 0 unspecified atom stereocenters. The number of para-hydroxylation sites is 3. The lowest BCUT2D eigenvalue weighted by molar-refractivity contribution is 0.289. The molecular formula is C26H24N2O. The summed E-state index contributed by atoms with van der Waals surface area (Å²) in [6.07, 6.45) is 6.98. The first kappa shape index (κ1) is 18.8. The van der Waals surface area contributed by atoms with Gasteiger partial charge in [0.1, 0.15) is 18.2 Å². The van der Waals surface area contributed by atoms with Crippen LogP contribution >= 0.6 is 0 Å². The monoisotopic (exact) mass is 380 g/mol. The van der Waals surface area contributed by atoms with Gasteiger partial charge < -0.3 is 9.30 Å². The van der Waals surface area contributed by atoms with Crippen molar-refractivity contribution in [1.29, 1.82) is 0 Å². The van der Waals surface area contributed by atoms with E-state index in [1.807, 2.05) is 60.7 Å². The van der Waals surface area contributed by atoms with E-state index >= 15 is 0 Å². The van der Waals surface area contributed by atoms with Crippen molar-refractivity contribution in [3.8, 4) is 5.75 Å². The van der Waals surface area contributed by atoms with Crippen LogP contribution in [0.25, 0.3) is 17.1 Å². The lowest BCUT2D eigenvalue weighted by atomic mass is 10.1. The largest absolute Gasteiger partial charge is 0.485 e. The molecule has 3 heteroatoms. The molecule has 0 atom stereocenters.